The van der Waals surface area contributed by atoms with Crippen LogP contribution in [0.1, 0.15) is 59.6 Å². The van der Waals surface area contributed by atoms with Crippen molar-refractivity contribution >= 4 is 34.0 Å². The average Bonchev–Trinajstić information content (AvgIpc) is 3.71. The van der Waals surface area contributed by atoms with Gasteiger partial charge in [-0.1, -0.05) is 153 Å². The lowest BCUT2D eigenvalue weighted by Gasteiger charge is -2.32. The maximum absolute atomic E-state index is 2.53. The smallest absolute Gasteiger partial charge is 0.0630 e. The Bertz CT molecular complexity index is 2770. The highest BCUT2D eigenvalue weighted by molar-refractivity contribution is 5.93. The molecule has 0 fully saturated rings. The fourth-order valence-corrected chi connectivity index (χ4v) is 10.0. The fourth-order valence-electron chi connectivity index (χ4n) is 10.0. The van der Waals surface area contributed by atoms with Gasteiger partial charge in [-0.15, -0.1) is 0 Å². The molecule has 0 amide bonds. The third kappa shape index (κ3) is 5.46. The van der Waals surface area contributed by atoms with Crippen molar-refractivity contribution in [3.8, 4) is 22.3 Å². The Balaban J connectivity index is 0.982. The number of allylic oxidation sites excluding steroid dienone is 3. The van der Waals surface area contributed by atoms with E-state index in [-0.39, 0.29) is 17.4 Å². The summed E-state index contributed by atoms with van der Waals surface area (Å²) < 4.78 is 0. The van der Waals surface area contributed by atoms with Gasteiger partial charge in [-0.3, -0.25) is 0 Å². The number of aryl methyl sites for hydroxylation is 1. The molecule has 11 rings (SSSR count). The standard InChI is InChI=1S/C55H44N2/c1-55(2)50-35-41(40-27-32-54-49(34-40)48-33-39(37-15-6-3-7-16-37)26-31-53(48)57(54)43-21-10-5-11-22-43)25-29-46(50)47-30-28-44(36-51(47)55)56(42-19-8-4-9-20-42)52-24-14-18-38-17-12-13-23-45(38)52/h3-13,15-17,19-36,48,53H,14,18H2,1-2H3. The van der Waals surface area contributed by atoms with E-state index < -0.39 is 0 Å². The van der Waals surface area contributed by atoms with E-state index in [9.17, 15) is 0 Å². The lowest BCUT2D eigenvalue weighted by atomic mass is 9.81. The van der Waals surface area contributed by atoms with E-state index in [1.165, 1.54) is 89.7 Å². The molecule has 0 N–H and O–H groups in total. The Morgan fingerprint density at radius 1 is 0.579 bits per heavy atom. The minimum absolute atomic E-state index is 0.175. The lowest BCUT2D eigenvalue weighted by molar-refractivity contribution is 0.660. The molecule has 0 spiro atoms. The van der Waals surface area contributed by atoms with E-state index in [0.717, 1.165) is 12.8 Å². The maximum Gasteiger partial charge on any atom is 0.0630 e. The Morgan fingerprint density at radius 2 is 1.25 bits per heavy atom. The van der Waals surface area contributed by atoms with Crippen LogP contribution in [0.2, 0.25) is 0 Å². The number of rotatable bonds is 6. The monoisotopic (exact) mass is 732 g/mol. The van der Waals surface area contributed by atoms with Gasteiger partial charge in [-0.25, -0.2) is 0 Å². The second-order valence-corrected chi connectivity index (χ2v) is 16.4. The molecular formula is C55H44N2. The summed E-state index contributed by atoms with van der Waals surface area (Å²) in [5, 5.41) is 0. The number of nitrogens with zero attached hydrogens (tertiary/aromatic N) is 2. The van der Waals surface area contributed by atoms with Gasteiger partial charge >= 0.3 is 0 Å². The molecule has 1 aliphatic heterocycles. The number of hydrogen-bond donors (Lipinski definition) is 0. The zero-order valence-corrected chi connectivity index (χ0v) is 32.4. The highest BCUT2D eigenvalue weighted by Gasteiger charge is 2.40. The van der Waals surface area contributed by atoms with Crippen molar-refractivity contribution in [1.29, 1.82) is 0 Å². The van der Waals surface area contributed by atoms with Gasteiger partial charge < -0.3 is 9.80 Å². The largest absolute Gasteiger partial charge is 0.333 e. The van der Waals surface area contributed by atoms with Crippen LogP contribution in [-0.2, 0) is 11.8 Å². The summed E-state index contributed by atoms with van der Waals surface area (Å²) in [7, 11) is 0. The van der Waals surface area contributed by atoms with Crippen molar-refractivity contribution < 1.29 is 0 Å². The summed E-state index contributed by atoms with van der Waals surface area (Å²) in [5.74, 6) is 0.243. The van der Waals surface area contributed by atoms with Crippen molar-refractivity contribution in [3.63, 3.8) is 0 Å². The molecule has 57 heavy (non-hydrogen) atoms. The van der Waals surface area contributed by atoms with Crippen LogP contribution in [0, 0.1) is 0 Å². The molecule has 2 atom stereocenters. The molecule has 0 saturated heterocycles. The molecule has 7 aromatic rings. The summed E-state index contributed by atoms with van der Waals surface area (Å²) in [5.41, 5.74) is 20.6. The maximum atomic E-state index is 2.53. The van der Waals surface area contributed by atoms with E-state index in [1.807, 2.05) is 0 Å². The topological polar surface area (TPSA) is 6.48 Å². The average molecular weight is 733 g/mol. The van der Waals surface area contributed by atoms with Crippen molar-refractivity contribution in [3.05, 3.63) is 228 Å². The third-order valence-corrected chi connectivity index (χ3v) is 12.8. The molecule has 2 nitrogen and oxygen atoms in total. The van der Waals surface area contributed by atoms with Crippen LogP contribution in [0.4, 0.5) is 22.7 Å². The van der Waals surface area contributed by atoms with Gasteiger partial charge in [0.1, 0.15) is 0 Å². The van der Waals surface area contributed by atoms with Crippen molar-refractivity contribution in [2.75, 3.05) is 9.80 Å². The highest BCUT2D eigenvalue weighted by atomic mass is 15.2. The van der Waals surface area contributed by atoms with Crippen molar-refractivity contribution in [2.45, 2.75) is 44.1 Å². The predicted octanol–water partition coefficient (Wildman–Crippen LogP) is 14.0. The summed E-state index contributed by atoms with van der Waals surface area (Å²) in [6.07, 6.45) is 11.8. The van der Waals surface area contributed by atoms with Gasteiger partial charge in [-0.05, 0) is 123 Å². The van der Waals surface area contributed by atoms with Crippen molar-refractivity contribution in [2.24, 2.45) is 0 Å². The first-order chi connectivity index (χ1) is 28.0. The molecule has 7 aromatic carbocycles. The molecule has 1 heterocycles. The molecule has 274 valence electrons. The Kier molecular flexibility index (Phi) is 7.83. The van der Waals surface area contributed by atoms with Gasteiger partial charge in [0.25, 0.3) is 0 Å². The van der Waals surface area contributed by atoms with Crippen LogP contribution in [-0.4, -0.2) is 6.04 Å². The van der Waals surface area contributed by atoms with E-state index in [1.54, 1.807) is 0 Å². The normalized spacial score (nSPS) is 18.1. The highest BCUT2D eigenvalue weighted by Crippen LogP contribution is 2.53. The van der Waals surface area contributed by atoms with Gasteiger partial charge in [-0.2, -0.15) is 0 Å². The number of fused-ring (bicyclic) bond motifs is 7. The summed E-state index contributed by atoms with van der Waals surface area (Å²) in [6, 6.07) is 63.2. The minimum Gasteiger partial charge on any atom is -0.333 e. The van der Waals surface area contributed by atoms with Crippen LogP contribution >= 0.6 is 0 Å². The first kappa shape index (κ1) is 33.7. The summed E-state index contributed by atoms with van der Waals surface area (Å²) >= 11 is 0. The van der Waals surface area contributed by atoms with E-state index in [0.29, 0.717) is 0 Å². The fraction of sp³-hybridized carbons (Fsp3) is 0.127. The van der Waals surface area contributed by atoms with Gasteiger partial charge in [0, 0.05) is 45.3 Å². The molecule has 0 aromatic heterocycles. The third-order valence-electron chi connectivity index (χ3n) is 12.8. The molecule has 0 saturated carbocycles. The molecule has 0 bridgehead atoms. The van der Waals surface area contributed by atoms with Crippen LogP contribution in [0.3, 0.4) is 0 Å². The number of benzene rings is 7. The zero-order valence-electron chi connectivity index (χ0n) is 32.4. The Hall–Kier alpha value is -6.64. The second-order valence-electron chi connectivity index (χ2n) is 16.4. The zero-order chi connectivity index (χ0) is 38.1. The van der Waals surface area contributed by atoms with Gasteiger partial charge in [0.2, 0.25) is 0 Å². The van der Waals surface area contributed by atoms with Gasteiger partial charge in [0.15, 0.2) is 0 Å². The van der Waals surface area contributed by atoms with Crippen LogP contribution in [0.5, 0.6) is 0 Å². The molecule has 0 radical (unpaired) electrons. The van der Waals surface area contributed by atoms with E-state index >= 15 is 0 Å². The molecule has 2 unspecified atom stereocenters. The molecule has 2 heteroatoms. The molecular weight excluding hydrogens is 689 g/mol. The predicted molar refractivity (Wildman–Crippen MR) is 239 cm³/mol. The summed E-state index contributed by atoms with van der Waals surface area (Å²) in [6.45, 7) is 4.81. The molecule has 3 aliphatic carbocycles. The lowest BCUT2D eigenvalue weighted by Crippen LogP contribution is -2.28. The second kappa shape index (κ2) is 13.2. The van der Waals surface area contributed by atoms with Crippen molar-refractivity contribution in [1.82, 2.24) is 0 Å². The first-order valence-corrected chi connectivity index (χ1v) is 20.4. The first-order valence-electron chi connectivity index (χ1n) is 20.4. The van der Waals surface area contributed by atoms with E-state index in [2.05, 4.69) is 218 Å². The molecule has 4 aliphatic rings. The van der Waals surface area contributed by atoms with E-state index in [4.69, 9.17) is 0 Å². The summed E-state index contributed by atoms with van der Waals surface area (Å²) in [4.78, 5) is 5.00. The number of anilines is 4. The Morgan fingerprint density at radius 3 is 2.05 bits per heavy atom. The minimum atomic E-state index is -0.175. The number of hydrogen-bond acceptors (Lipinski definition) is 2. The van der Waals surface area contributed by atoms with Gasteiger partial charge in [0.05, 0.1) is 6.04 Å². The quantitative estimate of drug-likeness (QED) is 0.168. The van der Waals surface area contributed by atoms with Crippen LogP contribution < -0.4 is 9.80 Å². The van der Waals surface area contributed by atoms with Crippen LogP contribution in [0.25, 0.3) is 33.5 Å². The SMILES string of the molecule is CC1(C)c2cc(-c3ccc4c(c3)C3C=C(c5ccccc5)C=CC3N4c3ccccc3)ccc2-c2ccc(N(C3=CCCc4ccccc43)c3ccccc3)cc21. The van der Waals surface area contributed by atoms with Crippen LogP contribution in [0.15, 0.2) is 194 Å². The Labute approximate surface area is 336 Å². The number of para-hydroxylation sites is 2.